The van der Waals surface area contributed by atoms with E-state index >= 15 is 0 Å². The number of anilines is 1. The second-order valence-corrected chi connectivity index (χ2v) is 10.5. The van der Waals surface area contributed by atoms with Gasteiger partial charge in [0.25, 0.3) is 5.91 Å². The molecular formula is C20H21N3O3S2. The number of sulfone groups is 1. The molecule has 0 spiro atoms. The molecule has 2 atom stereocenters. The predicted molar refractivity (Wildman–Crippen MR) is 114 cm³/mol. The summed E-state index contributed by atoms with van der Waals surface area (Å²) in [5.74, 6) is 0.289. The van der Waals surface area contributed by atoms with Crippen molar-refractivity contribution in [2.24, 2.45) is 4.99 Å². The van der Waals surface area contributed by atoms with Crippen molar-refractivity contribution in [2.45, 2.75) is 17.8 Å². The van der Waals surface area contributed by atoms with Crippen LogP contribution in [0.1, 0.15) is 15.9 Å². The van der Waals surface area contributed by atoms with Crippen molar-refractivity contribution < 1.29 is 13.2 Å². The second-order valence-electron chi connectivity index (χ2n) is 7.08. The maximum Gasteiger partial charge on any atom is 0.253 e. The predicted octanol–water partition coefficient (Wildman–Crippen LogP) is 2.64. The lowest BCUT2D eigenvalue weighted by atomic mass is 10.1. The van der Waals surface area contributed by atoms with Gasteiger partial charge in [-0.05, 0) is 29.8 Å². The number of benzene rings is 2. The maximum atomic E-state index is 12.6. The SMILES string of the molecule is CN(Cc1ccccc1)C(=O)c1ccc(NC2=N[C@H]3CS(=O)(=O)C[C@H]3S2)cc1. The van der Waals surface area contributed by atoms with Gasteiger partial charge in [0.2, 0.25) is 0 Å². The Kier molecular flexibility index (Phi) is 5.16. The summed E-state index contributed by atoms with van der Waals surface area (Å²) in [7, 11) is -1.16. The molecule has 8 heteroatoms. The van der Waals surface area contributed by atoms with Gasteiger partial charge < -0.3 is 10.2 Å². The fourth-order valence-corrected chi connectivity index (χ4v) is 7.06. The lowest BCUT2D eigenvalue weighted by molar-refractivity contribution is 0.0785. The number of carbonyl (C=O) groups is 1. The molecule has 2 aliphatic heterocycles. The van der Waals surface area contributed by atoms with Gasteiger partial charge >= 0.3 is 0 Å². The van der Waals surface area contributed by atoms with E-state index in [4.69, 9.17) is 0 Å². The Bertz CT molecular complexity index is 1000. The van der Waals surface area contributed by atoms with Gasteiger partial charge in [-0.15, -0.1) is 0 Å². The summed E-state index contributed by atoms with van der Waals surface area (Å²) < 4.78 is 23.3. The van der Waals surface area contributed by atoms with Crippen LogP contribution in [0.3, 0.4) is 0 Å². The number of rotatable bonds is 4. The molecular weight excluding hydrogens is 394 g/mol. The third-order valence-electron chi connectivity index (χ3n) is 4.81. The third kappa shape index (κ3) is 4.23. The normalized spacial score (nSPS) is 22.4. The van der Waals surface area contributed by atoms with Gasteiger partial charge in [0.15, 0.2) is 15.0 Å². The molecule has 2 heterocycles. The molecule has 28 heavy (non-hydrogen) atoms. The molecule has 4 rings (SSSR count). The molecule has 1 amide bonds. The lowest BCUT2D eigenvalue weighted by Gasteiger charge is -2.17. The lowest BCUT2D eigenvalue weighted by Crippen LogP contribution is -2.26. The number of carbonyl (C=O) groups excluding carboxylic acids is 1. The van der Waals surface area contributed by atoms with Crippen LogP contribution in [-0.4, -0.2) is 54.2 Å². The fourth-order valence-electron chi connectivity index (χ4n) is 3.39. The average Bonchev–Trinajstić information content (AvgIpc) is 3.15. The highest BCUT2D eigenvalue weighted by Gasteiger charge is 2.42. The van der Waals surface area contributed by atoms with Gasteiger partial charge in [0.1, 0.15) is 0 Å². The van der Waals surface area contributed by atoms with Crippen molar-refractivity contribution in [3.63, 3.8) is 0 Å². The van der Waals surface area contributed by atoms with Crippen LogP contribution in [-0.2, 0) is 16.4 Å². The van der Waals surface area contributed by atoms with Crippen LogP contribution in [0.4, 0.5) is 5.69 Å². The standard InChI is InChI=1S/C20H21N3O3S2/c1-23(11-14-5-3-2-4-6-14)19(24)15-7-9-16(10-8-15)21-20-22-17-12-28(25,26)13-18(17)27-20/h2-10,17-18H,11-13H2,1H3,(H,21,22)/t17-,18+/m0/s1. The van der Waals surface area contributed by atoms with Gasteiger partial charge in [0.05, 0.1) is 17.5 Å². The number of amides is 1. The average molecular weight is 416 g/mol. The number of amidine groups is 1. The number of thioether (sulfide) groups is 1. The van der Waals surface area contributed by atoms with Crippen LogP contribution >= 0.6 is 11.8 Å². The van der Waals surface area contributed by atoms with Gasteiger partial charge in [-0.3, -0.25) is 9.79 Å². The van der Waals surface area contributed by atoms with E-state index in [0.29, 0.717) is 12.1 Å². The highest BCUT2D eigenvalue weighted by atomic mass is 32.2. The molecule has 1 fully saturated rings. The number of aliphatic imine (C=N–C) groups is 1. The summed E-state index contributed by atoms with van der Waals surface area (Å²) >= 11 is 1.48. The molecule has 0 radical (unpaired) electrons. The van der Waals surface area contributed by atoms with Gasteiger partial charge in [0, 0.05) is 30.1 Å². The van der Waals surface area contributed by atoms with Crippen molar-refractivity contribution >= 4 is 38.4 Å². The molecule has 1 saturated heterocycles. The minimum atomic E-state index is -2.95. The molecule has 0 unspecified atom stereocenters. The van der Waals surface area contributed by atoms with Crippen molar-refractivity contribution in [3.8, 4) is 0 Å². The van der Waals surface area contributed by atoms with E-state index in [1.807, 2.05) is 42.5 Å². The maximum absolute atomic E-state index is 12.6. The molecule has 0 saturated carbocycles. The fraction of sp³-hybridized carbons (Fsp3) is 0.300. The van der Waals surface area contributed by atoms with Crippen LogP contribution < -0.4 is 5.32 Å². The highest BCUT2D eigenvalue weighted by Crippen LogP contribution is 2.34. The Balaban J connectivity index is 1.37. The first-order valence-electron chi connectivity index (χ1n) is 9.01. The van der Waals surface area contributed by atoms with Crippen LogP contribution in [0.15, 0.2) is 59.6 Å². The molecule has 2 aromatic rings. The van der Waals surface area contributed by atoms with Gasteiger partial charge in [-0.2, -0.15) is 0 Å². The van der Waals surface area contributed by atoms with E-state index < -0.39 is 9.84 Å². The third-order valence-corrected chi connectivity index (χ3v) is 7.95. The molecule has 1 N–H and O–H groups in total. The molecule has 0 aliphatic carbocycles. The van der Waals surface area contributed by atoms with Crippen LogP contribution in [0, 0.1) is 0 Å². The minimum absolute atomic E-state index is 0.0139. The molecule has 2 aliphatic rings. The van der Waals surface area contributed by atoms with Gasteiger partial charge in [-0.25, -0.2) is 8.42 Å². The first-order valence-corrected chi connectivity index (χ1v) is 11.7. The van der Waals surface area contributed by atoms with E-state index in [9.17, 15) is 13.2 Å². The van der Waals surface area contributed by atoms with E-state index in [2.05, 4.69) is 10.3 Å². The van der Waals surface area contributed by atoms with Crippen molar-refractivity contribution in [2.75, 3.05) is 23.9 Å². The summed E-state index contributed by atoms with van der Waals surface area (Å²) in [5, 5.41) is 3.98. The molecule has 0 aromatic heterocycles. The Hall–Kier alpha value is -2.32. The number of fused-ring (bicyclic) bond motifs is 1. The number of hydrogen-bond donors (Lipinski definition) is 1. The molecule has 2 aromatic carbocycles. The number of nitrogens with zero attached hydrogens (tertiary/aromatic N) is 2. The minimum Gasteiger partial charge on any atom is -0.337 e. The largest absolute Gasteiger partial charge is 0.337 e. The molecule has 6 nitrogen and oxygen atoms in total. The van der Waals surface area contributed by atoms with E-state index in [-0.39, 0.29) is 28.7 Å². The zero-order chi connectivity index (χ0) is 19.7. The van der Waals surface area contributed by atoms with Crippen LogP contribution in [0.5, 0.6) is 0 Å². The van der Waals surface area contributed by atoms with E-state index in [1.165, 1.54) is 11.8 Å². The summed E-state index contributed by atoms with van der Waals surface area (Å²) in [6.45, 7) is 0.554. The first kappa shape index (κ1) is 19.0. The molecule has 0 bridgehead atoms. The smallest absolute Gasteiger partial charge is 0.253 e. The van der Waals surface area contributed by atoms with Crippen molar-refractivity contribution in [1.82, 2.24) is 4.90 Å². The number of hydrogen-bond acceptors (Lipinski definition) is 6. The Morgan fingerprint density at radius 1 is 1.14 bits per heavy atom. The van der Waals surface area contributed by atoms with E-state index in [0.717, 1.165) is 16.4 Å². The molecule has 146 valence electrons. The Labute approximate surface area is 169 Å². The topological polar surface area (TPSA) is 78.8 Å². The quantitative estimate of drug-likeness (QED) is 0.831. The van der Waals surface area contributed by atoms with Crippen LogP contribution in [0.25, 0.3) is 0 Å². The van der Waals surface area contributed by atoms with Crippen molar-refractivity contribution in [3.05, 3.63) is 65.7 Å². The van der Waals surface area contributed by atoms with Gasteiger partial charge in [-0.1, -0.05) is 42.1 Å². The first-order chi connectivity index (χ1) is 13.4. The zero-order valence-electron chi connectivity index (χ0n) is 15.4. The van der Waals surface area contributed by atoms with Crippen LogP contribution in [0.2, 0.25) is 0 Å². The Morgan fingerprint density at radius 2 is 1.86 bits per heavy atom. The highest BCUT2D eigenvalue weighted by molar-refractivity contribution is 8.15. The second kappa shape index (κ2) is 7.60. The van der Waals surface area contributed by atoms with E-state index in [1.54, 1.807) is 24.1 Å². The zero-order valence-corrected chi connectivity index (χ0v) is 17.0. The Morgan fingerprint density at radius 3 is 2.54 bits per heavy atom. The summed E-state index contributed by atoms with van der Waals surface area (Å²) in [6.07, 6.45) is 0. The summed E-state index contributed by atoms with van der Waals surface area (Å²) in [5.41, 5.74) is 2.53. The summed E-state index contributed by atoms with van der Waals surface area (Å²) in [4.78, 5) is 18.8. The van der Waals surface area contributed by atoms with Crippen molar-refractivity contribution in [1.29, 1.82) is 0 Å². The monoisotopic (exact) mass is 415 g/mol. The summed E-state index contributed by atoms with van der Waals surface area (Å²) in [6, 6.07) is 17.0. The number of nitrogens with one attached hydrogen (secondary N) is 1.